The van der Waals surface area contributed by atoms with Crippen molar-refractivity contribution in [1.29, 1.82) is 0 Å². The fourth-order valence-corrected chi connectivity index (χ4v) is 3.53. The van der Waals surface area contributed by atoms with Crippen LogP contribution in [0, 0.1) is 5.92 Å². The summed E-state index contributed by atoms with van der Waals surface area (Å²) in [4.78, 5) is 30.3. The summed E-state index contributed by atoms with van der Waals surface area (Å²) in [6.07, 6.45) is 0.764. The Bertz CT molecular complexity index is 1070. The summed E-state index contributed by atoms with van der Waals surface area (Å²) in [5.41, 5.74) is 4.28. The highest BCUT2D eigenvalue weighted by atomic mass is 35.5. The minimum atomic E-state index is -0.249. The number of hydrogen-bond acceptors (Lipinski definition) is 3. The molecule has 4 rings (SSSR count). The molecular weight excluding hydrogens is 362 g/mol. The second-order valence-corrected chi connectivity index (χ2v) is 7.70. The van der Waals surface area contributed by atoms with Gasteiger partial charge in [0.15, 0.2) is 0 Å². The summed E-state index contributed by atoms with van der Waals surface area (Å²) in [5, 5.41) is 1.17. The van der Waals surface area contributed by atoms with Crippen LogP contribution in [0.15, 0.2) is 53.3 Å². The lowest BCUT2D eigenvalue weighted by Gasteiger charge is -2.16. The summed E-state index contributed by atoms with van der Waals surface area (Å²) in [7, 11) is 0. The predicted molar refractivity (Wildman–Crippen MR) is 107 cm³/mol. The van der Waals surface area contributed by atoms with Crippen molar-refractivity contribution in [2.75, 3.05) is 5.43 Å². The van der Waals surface area contributed by atoms with Gasteiger partial charge in [-0.05, 0) is 42.2 Å². The molecule has 1 amide bonds. The van der Waals surface area contributed by atoms with Crippen LogP contribution in [0.3, 0.4) is 0 Å². The van der Waals surface area contributed by atoms with Gasteiger partial charge >= 0.3 is 0 Å². The van der Waals surface area contributed by atoms with Crippen molar-refractivity contribution in [3.05, 3.63) is 75.3 Å². The molecule has 0 bridgehead atoms. The molecule has 1 fully saturated rings. The van der Waals surface area contributed by atoms with Crippen molar-refractivity contribution in [2.45, 2.75) is 32.1 Å². The van der Waals surface area contributed by atoms with E-state index < -0.39 is 0 Å². The Morgan fingerprint density at radius 2 is 1.89 bits per heavy atom. The molecule has 0 spiro atoms. The Kier molecular flexibility index (Phi) is 4.48. The van der Waals surface area contributed by atoms with E-state index in [2.05, 4.69) is 10.4 Å². The maximum Gasteiger partial charge on any atom is 0.280 e. The van der Waals surface area contributed by atoms with Gasteiger partial charge in [-0.1, -0.05) is 49.7 Å². The van der Waals surface area contributed by atoms with Gasteiger partial charge in [0.1, 0.15) is 5.82 Å². The van der Waals surface area contributed by atoms with E-state index in [0.717, 1.165) is 12.0 Å². The average Bonchev–Trinajstić information content (AvgIpc) is 3.45. The number of carbonyl (C=O) groups is 1. The number of para-hydroxylation sites is 1. The molecule has 3 aromatic rings. The zero-order valence-corrected chi connectivity index (χ0v) is 15.9. The van der Waals surface area contributed by atoms with Crippen LogP contribution in [-0.2, 0) is 4.79 Å². The maximum absolute atomic E-state index is 12.9. The van der Waals surface area contributed by atoms with Crippen molar-refractivity contribution >= 4 is 28.4 Å². The smallest absolute Gasteiger partial charge is 0.273 e. The molecule has 0 radical (unpaired) electrons. The van der Waals surface area contributed by atoms with Crippen molar-refractivity contribution in [3.8, 4) is 0 Å². The van der Waals surface area contributed by atoms with Crippen LogP contribution in [0.2, 0.25) is 5.02 Å². The van der Waals surface area contributed by atoms with Gasteiger partial charge in [0, 0.05) is 16.9 Å². The molecule has 1 aliphatic rings. The Morgan fingerprint density at radius 1 is 1.19 bits per heavy atom. The number of amides is 1. The highest BCUT2D eigenvalue weighted by Gasteiger charge is 2.44. The molecule has 6 heteroatoms. The molecule has 0 saturated heterocycles. The van der Waals surface area contributed by atoms with Crippen LogP contribution in [0.5, 0.6) is 0 Å². The minimum absolute atomic E-state index is 0.00567. The lowest BCUT2D eigenvalue weighted by molar-refractivity contribution is -0.118. The molecule has 0 aliphatic heterocycles. The van der Waals surface area contributed by atoms with E-state index >= 15 is 0 Å². The fourth-order valence-electron chi connectivity index (χ4n) is 3.40. The molecule has 1 aromatic heterocycles. The largest absolute Gasteiger partial charge is 0.280 e. The quantitative estimate of drug-likeness (QED) is 0.741. The number of carbonyl (C=O) groups excluding carboxylic acids is 1. The highest BCUT2D eigenvalue weighted by Crippen LogP contribution is 2.47. The lowest BCUT2D eigenvalue weighted by Crippen LogP contribution is -2.37. The lowest BCUT2D eigenvalue weighted by atomic mass is 10.1. The number of fused-ring (bicyclic) bond motifs is 1. The molecular formula is C21H20ClN3O2. The third kappa shape index (κ3) is 3.35. The molecule has 5 nitrogen and oxygen atoms in total. The number of nitrogens with one attached hydrogen (secondary N) is 1. The number of rotatable bonds is 4. The highest BCUT2D eigenvalue weighted by molar-refractivity contribution is 6.30. The fraction of sp³-hybridized carbons (Fsp3) is 0.286. The molecule has 27 heavy (non-hydrogen) atoms. The van der Waals surface area contributed by atoms with E-state index in [1.54, 1.807) is 12.1 Å². The van der Waals surface area contributed by atoms with E-state index in [-0.39, 0.29) is 29.2 Å². The average molecular weight is 382 g/mol. The van der Waals surface area contributed by atoms with Gasteiger partial charge in [0.05, 0.1) is 10.9 Å². The summed E-state index contributed by atoms with van der Waals surface area (Å²) in [6.45, 7) is 3.90. The van der Waals surface area contributed by atoms with Gasteiger partial charge in [-0.25, -0.2) is 9.66 Å². The monoisotopic (exact) mass is 381 g/mol. The first-order chi connectivity index (χ1) is 13.0. The number of halogens is 1. The van der Waals surface area contributed by atoms with Gasteiger partial charge in [-0.2, -0.15) is 0 Å². The van der Waals surface area contributed by atoms with E-state index in [1.807, 2.05) is 50.2 Å². The molecule has 2 aromatic carbocycles. The van der Waals surface area contributed by atoms with E-state index in [1.165, 1.54) is 4.68 Å². The van der Waals surface area contributed by atoms with Gasteiger partial charge < -0.3 is 0 Å². The third-order valence-electron chi connectivity index (χ3n) is 4.97. The van der Waals surface area contributed by atoms with Crippen LogP contribution < -0.4 is 11.0 Å². The standard InChI is InChI=1S/C21H20ClN3O2/c1-12(2)19-23-18-6-4-3-5-15(18)21(27)25(19)24-20(26)17-11-16(17)13-7-9-14(22)10-8-13/h3-10,12,16-17H,11H2,1-2H3,(H,24,26)/t16-,17+/m0/s1. The third-order valence-corrected chi connectivity index (χ3v) is 5.22. The van der Waals surface area contributed by atoms with E-state index in [9.17, 15) is 9.59 Å². The van der Waals surface area contributed by atoms with Crippen LogP contribution in [0.1, 0.15) is 43.5 Å². The van der Waals surface area contributed by atoms with Crippen LogP contribution >= 0.6 is 11.6 Å². The predicted octanol–water partition coefficient (Wildman–Crippen LogP) is 4.05. The molecule has 1 heterocycles. The summed E-state index contributed by atoms with van der Waals surface area (Å²) >= 11 is 5.93. The molecule has 2 atom stereocenters. The normalized spacial score (nSPS) is 18.7. The minimum Gasteiger partial charge on any atom is -0.273 e. The summed E-state index contributed by atoms with van der Waals surface area (Å²) < 4.78 is 1.31. The van der Waals surface area contributed by atoms with Gasteiger partial charge in [-0.3, -0.25) is 15.0 Å². The summed E-state index contributed by atoms with van der Waals surface area (Å²) in [5.74, 6) is 0.402. The Morgan fingerprint density at radius 3 is 2.59 bits per heavy atom. The van der Waals surface area contributed by atoms with Crippen LogP contribution in [-0.4, -0.2) is 15.6 Å². The molecule has 138 valence electrons. The maximum atomic E-state index is 12.9. The van der Waals surface area contributed by atoms with Crippen molar-refractivity contribution in [3.63, 3.8) is 0 Å². The topological polar surface area (TPSA) is 64.0 Å². The Labute approximate surface area is 162 Å². The van der Waals surface area contributed by atoms with Gasteiger partial charge in [-0.15, -0.1) is 0 Å². The molecule has 1 saturated carbocycles. The van der Waals surface area contributed by atoms with Crippen LogP contribution in [0.25, 0.3) is 10.9 Å². The second kappa shape index (κ2) is 6.82. The van der Waals surface area contributed by atoms with Crippen molar-refractivity contribution in [2.24, 2.45) is 5.92 Å². The Hall–Kier alpha value is -2.66. The zero-order valence-electron chi connectivity index (χ0n) is 15.1. The number of aromatic nitrogens is 2. The van der Waals surface area contributed by atoms with Crippen molar-refractivity contribution < 1.29 is 4.79 Å². The molecule has 0 unspecified atom stereocenters. The Balaban J connectivity index is 1.62. The first kappa shape index (κ1) is 17.7. The van der Waals surface area contributed by atoms with Crippen molar-refractivity contribution in [1.82, 2.24) is 9.66 Å². The molecule has 1 aliphatic carbocycles. The molecule has 1 N–H and O–H groups in total. The number of benzene rings is 2. The van der Waals surface area contributed by atoms with Crippen LogP contribution in [0.4, 0.5) is 0 Å². The van der Waals surface area contributed by atoms with Gasteiger partial charge in [0.2, 0.25) is 5.91 Å². The second-order valence-electron chi connectivity index (χ2n) is 7.26. The summed E-state index contributed by atoms with van der Waals surface area (Å²) in [6, 6.07) is 14.7. The number of hydrogen-bond donors (Lipinski definition) is 1. The first-order valence-corrected chi connectivity index (χ1v) is 9.41. The van der Waals surface area contributed by atoms with E-state index in [0.29, 0.717) is 21.7 Å². The zero-order chi connectivity index (χ0) is 19.1. The SMILES string of the molecule is CC(C)c1nc2ccccc2c(=O)n1NC(=O)[C@@H]1C[C@H]1c1ccc(Cl)cc1. The van der Waals surface area contributed by atoms with Gasteiger partial charge in [0.25, 0.3) is 5.56 Å². The van der Waals surface area contributed by atoms with E-state index in [4.69, 9.17) is 11.6 Å². The first-order valence-electron chi connectivity index (χ1n) is 9.03. The number of nitrogens with zero attached hydrogens (tertiary/aromatic N) is 2.